The summed E-state index contributed by atoms with van der Waals surface area (Å²) in [5.74, 6) is 0.898. The topological polar surface area (TPSA) is 29.8 Å². The first-order valence-corrected chi connectivity index (χ1v) is 9.66. The zero-order valence-electron chi connectivity index (χ0n) is 15.7. The molecule has 26 heavy (non-hydrogen) atoms. The van der Waals surface area contributed by atoms with Crippen LogP contribution >= 0.6 is 0 Å². The van der Waals surface area contributed by atoms with Crippen LogP contribution in [0, 0.1) is 6.92 Å². The molecular weight excluding hydrogens is 322 g/mol. The molecule has 0 N–H and O–H groups in total. The quantitative estimate of drug-likeness (QED) is 0.691. The third-order valence-electron chi connectivity index (χ3n) is 5.26. The van der Waals surface area contributed by atoms with Gasteiger partial charge in [-0.05, 0) is 69.1 Å². The lowest BCUT2D eigenvalue weighted by atomic mass is 9.91. The molecule has 4 nitrogen and oxygen atoms in total. The fraction of sp³-hybridized carbons (Fsp3) is 0.409. The second kappa shape index (κ2) is 7.50. The molecule has 4 heterocycles. The number of piperidine rings is 1. The van der Waals surface area contributed by atoms with Crippen molar-refractivity contribution in [1.82, 2.24) is 14.3 Å². The van der Waals surface area contributed by atoms with Crippen LogP contribution in [0.3, 0.4) is 0 Å². The molecule has 5 rings (SSSR count). The van der Waals surface area contributed by atoms with Gasteiger partial charge in [0.1, 0.15) is 11.4 Å². The number of imidazole rings is 1. The fourth-order valence-electron chi connectivity index (χ4n) is 3.47. The van der Waals surface area contributed by atoms with Crippen LogP contribution in [0.5, 0.6) is 5.75 Å². The van der Waals surface area contributed by atoms with Gasteiger partial charge in [0.25, 0.3) is 0 Å². The van der Waals surface area contributed by atoms with Crippen molar-refractivity contribution in [2.75, 3.05) is 19.7 Å². The van der Waals surface area contributed by atoms with Crippen LogP contribution in [0.4, 0.5) is 0 Å². The Bertz CT molecular complexity index is 868. The molecule has 0 aliphatic carbocycles. The molecule has 136 valence electrons. The maximum atomic E-state index is 5.81. The summed E-state index contributed by atoms with van der Waals surface area (Å²) in [6.07, 6.45) is 8.05. The van der Waals surface area contributed by atoms with Gasteiger partial charge in [-0.3, -0.25) is 0 Å². The normalized spacial score (nSPS) is 16.2. The Morgan fingerprint density at radius 3 is 2.58 bits per heavy atom. The van der Waals surface area contributed by atoms with Crippen LogP contribution in [0.1, 0.15) is 31.7 Å². The summed E-state index contributed by atoms with van der Waals surface area (Å²) in [5.41, 5.74) is 4.17. The maximum absolute atomic E-state index is 5.81. The highest BCUT2D eigenvalue weighted by atomic mass is 16.5. The summed E-state index contributed by atoms with van der Waals surface area (Å²) in [4.78, 5) is 7.22. The largest absolute Gasteiger partial charge is 0.493 e. The van der Waals surface area contributed by atoms with Gasteiger partial charge in [0.15, 0.2) is 0 Å². The van der Waals surface area contributed by atoms with Crippen molar-refractivity contribution in [2.45, 2.75) is 39.2 Å². The molecule has 0 saturated carbocycles. The number of hydrogen-bond donors (Lipinski definition) is 0. The first-order chi connectivity index (χ1) is 12.7. The first kappa shape index (κ1) is 17.1. The molecular formula is C22H27N3O. The smallest absolute Gasteiger partial charge is 0.137 e. The lowest BCUT2D eigenvalue weighted by molar-refractivity contribution is -0.00222. The van der Waals surface area contributed by atoms with E-state index in [0.717, 1.165) is 41.7 Å². The summed E-state index contributed by atoms with van der Waals surface area (Å²) in [7, 11) is 0. The van der Waals surface area contributed by atoms with Crippen LogP contribution in [-0.2, 0) is 0 Å². The minimum Gasteiger partial charge on any atom is -0.493 e. The standard InChI is InChI=1S/C17H18N2O.C5H9N/c1-3-10-20-16-7-5-4-6-14(16)15-12-19-9-8-13(2)11-17(19)18-15;1-3-6-4-2-5(1)6/h4-9,11-12H,3,10H2,1-2H3;5H,1-4H2. The second-order valence-electron chi connectivity index (χ2n) is 7.21. The van der Waals surface area contributed by atoms with Gasteiger partial charge in [-0.15, -0.1) is 0 Å². The van der Waals surface area contributed by atoms with Crippen molar-refractivity contribution >= 4 is 5.65 Å². The molecule has 0 unspecified atom stereocenters. The molecule has 0 amide bonds. The van der Waals surface area contributed by atoms with Crippen molar-refractivity contribution < 1.29 is 4.74 Å². The Labute approximate surface area is 155 Å². The SMILES string of the molecule is C1CN2CCC12.CCCOc1ccccc1-c1cn2ccc(C)cc2n1. The Hall–Kier alpha value is -2.33. The zero-order chi connectivity index (χ0) is 17.9. The van der Waals surface area contributed by atoms with E-state index in [0.29, 0.717) is 0 Å². The molecule has 2 saturated heterocycles. The lowest BCUT2D eigenvalue weighted by Gasteiger charge is -2.50. The molecule has 1 aromatic carbocycles. The van der Waals surface area contributed by atoms with Crippen LogP contribution in [-0.4, -0.2) is 40.0 Å². The van der Waals surface area contributed by atoms with Crippen molar-refractivity contribution in [3.63, 3.8) is 0 Å². The molecule has 4 heteroatoms. The van der Waals surface area contributed by atoms with Gasteiger partial charge < -0.3 is 14.0 Å². The Balaban J connectivity index is 0.000000233. The monoisotopic (exact) mass is 349 g/mol. The molecule has 2 aliphatic rings. The van der Waals surface area contributed by atoms with Crippen molar-refractivity contribution in [3.8, 4) is 17.0 Å². The number of aromatic nitrogens is 2. The number of ether oxygens (including phenoxy) is 1. The number of para-hydroxylation sites is 1. The highest BCUT2D eigenvalue weighted by Crippen LogP contribution is 2.30. The van der Waals surface area contributed by atoms with Gasteiger partial charge in [-0.2, -0.15) is 0 Å². The van der Waals surface area contributed by atoms with E-state index in [1.54, 1.807) is 0 Å². The predicted molar refractivity (Wildman–Crippen MR) is 106 cm³/mol. The van der Waals surface area contributed by atoms with Crippen molar-refractivity contribution in [3.05, 3.63) is 54.4 Å². The van der Waals surface area contributed by atoms with E-state index in [1.165, 1.54) is 31.5 Å². The fourth-order valence-corrected chi connectivity index (χ4v) is 3.47. The summed E-state index contributed by atoms with van der Waals surface area (Å²) in [6.45, 7) is 7.70. The maximum Gasteiger partial charge on any atom is 0.137 e. The van der Waals surface area contributed by atoms with Crippen molar-refractivity contribution in [1.29, 1.82) is 0 Å². The molecule has 0 spiro atoms. The minimum atomic E-state index is 0.726. The summed E-state index contributed by atoms with van der Waals surface area (Å²) < 4.78 is 7.85. The van der Waals surface area contributed by atoms with Gasteiger partial charge in [-0.1, -0.05) is 19.1 Å². The van der Waals surface area contributed by atoms with Crippen LogP contribution in [0.2, 0.25) is 0 Å². The van der Waals surface area contributed by atoms with Gasteiger partial charge in [0.2, 0.25) is 0 Å². The van der Waals surface area contributed by atoms with Gasteiger partial charge in [0.05, 0.1) is 12.3 Å². The summed E-state index contributed by atoms with van der Waals surface area (Å²) in [6, 6.07) is 13.3. The van der Waals surface area contributed by atoms with Crippen LogP contribution in [0.15, 0.2) is 48.8 Å². The first-order valence-electron chi connectivity index (χ1n) is 9.66. The van der Waals surface area contributed by atoms with E-state index in [9.17, 15) is 0 Å². The van der Waals surface area contributed by atoms with Gasteiger partial charge >= 0.3 is 0 Å². The molecule has 0 radical (unpaired) electrons. The molecule has 3 aromatic rings. The number of aryl methyl sites for hydroxylation is 1. The Kier molecular flexibility index (Phi) is 4.93. The number of fused-ring (bicyclic) bond motifs is 2. The van der Waals surface area contributed by atoms with Gasteiger partial charge in [0, 0.05) is 24.0 Å². The number of rotatable bonds is 4. The zero-order valence-corrected chi connectivity index (χ0v) is 15.7. The van der Waals surface area contributed by atoms with E-state index >= 15 is 0 Å². The van der Waals surface area contributed by atoms with Gasteiger partial charge in [-0.25, -0.2) is 4.98 Å². The van der Waals surface area contributed by atoms with E-state index < -0.39 is 0 Å². The highest BCUT2D eigenvalue weighted by Gasteiger charge is 2.34. The Morgan fingerprint density at radius 2 is 1.92 bits per heavy atom. The number of hydrogen-bond acceptors (Lipinski definition) is 3. The van der Waals surface area contributed by atoms with E-state index in [1.807, 2.05) is 35.0 Å². The molecule has 2 fully saturated rings. The second-order valence-corrected chi connectivity index (χ2v) is 7.21. The minimum absolute atomic E-state index is 0.726. The predicted octanol–water partition coefficient (Wildman–Crippen LogP) is 4.56. The number of nitrogens with zero attached hydrogens (tertiary/aromatic N) is 3. The molecule has 2 aromatic heterocycles. The van der Waals surface area contributed by atoms with Crippen molar-refractivity contribution in [2.24, 2.45) is 0 Å². The third kappa shape index (κ3) is 3.47. The van der Waals surface area contributed by atoms with E-state index in [4.69, 9.17) is 9.72 Å². The highest BCUT2D eigenvalue weighted by molar-refractivity contribution is 5.69. The van der Waals surface area contributed by atoms with Crippen LogP contribution < -0.4 is 4.74 Å². The lowest BCUT2D eigenvalue weighted by Crippen LogP contribution is -2.57. The molecule has 2 aliphatic heterocycles. The van der Waals surface area contributed by atoms with E-state index in [-0.39, 0.29) is 0 Å². The number of pyridine rings is 1. The molecule has 0 atom stereocenters. The van der Waals surface area contributed by atoms with Crippen LogP contribution in [0.25, 0.3) is 16.9 Å². The average Bonchev–Trinajstić information content (AvgIpc) is 3.06. The summed E-state index contributed by atoms with van der Waals surface area (Å²) >= 11 is 0. The molecule has 0 bridgehead atoms. The number of benzene rings is 1. The summed E-state index contributed by atoms with van der Waals surface area (Å²) in [5, 5.41) is 0. The third-order valence-corrected chi connectivity index (χ3v) is 5.26. The van der Waals surface area contributed by atoms with E-state index in [2.05, 4.69) is 36.9 Å². The average molecular weight is 349 g/mol. The Morgan fingerprint density at radius 1 is 1.15 bits per heavy atom.